The van der Waals surface area contributed by atoms with Crippen molar-refractivity contribution < 1.29 is 0 Å². The molecule has 0 aliphatic rings. The Morgan fingerprint density at radius 2 is 1.70 bits per heavy atom. The fourth-order valence-electron chi connectivity index (χ4n) is 2.83. The molecule has 0 aromatic carbocycles. The average Bonchev–Trinajstić information content (AvgIpc) is 2.87. The quantitative estimate of drug-likeness (QED) is 0.724. The Hall–Kier alpha value is -2.18. The third-order valence-electron chi connectivity index (χ3n) is 3.90. The molecule has 1 unspecified atom stereocenters. The van der Waals surface area contributed by atoms with Crippen LogP contribution in [0.1, 0.15) is 69.3 Å². The van der Waals surface area contributed by atoms with Crippen LogP contribution in [-0.2, 0) is 6.42 Å². The Labute approximate surface area is 137 Å². The number of nitrogens with two attached hydrogens (primary N) is 2. The monoisotopic (exact) mass is 317 g/mol. The van der Waals surface area contributed by atoms with Crippen molar-refractivity contribution in [3.63, 3.8) is 0 Å². The first-order valence-corrected chi connectivity index (χ1v) is 8.36. The Morgan fingerprint density at radius 1 is 1.00 bits per heavy atom. The molecule has 0 amide bonds. The summed E-state index contributed by atoms with van der Waals surface area (Å²) >= 11 is 0. The zero-order valence-electron chi connectivity index (χ0n) is 14.3. The van der Waals surface area contributed by atoms with E-state index in [0.29, 0.717) is 5.82 Å². The summed E-state index contributed by atoms with van der Waals surface area (Å²) in [5.74, 6) is 1.99. The predicted octanol–water partition coefficient (Wildman–Crippen LogP) is 2.66. The molecule has 2 heterocycles. The molecular weight excluding hydrogens is 290 g/mol. The summed E-state index contributed by atoms with van der Waals surface area (Å²) in [5, 5.41) is 0. The van der Waals surface area contributed by atoms with Gasteiger partial charge in [0.2, 0.25) is 11.9 Å². The molecule has 23 heavy (non-hydrogen) atoms. The van der Waals surface area contributed by atoms with E-state index < -0.39 is 0 Å². The van der Waals surface area contributed by atoms with Gasteiger partial charge in [-0.1, -0.05) is 39.5 Å². The molecule has 1 atom stereocenters. The van der Waals surface area contributed by atoms with Crippen LogP contribution in [0.5, 0.6) is 0 Å². The SMILES string of the molecule is CCCCCCC(c1nc(N)nc(N)n1)n1cc(C)nc1CC. The number of nitrogen functional groups attached to an aromatic ring is 2. The topological polar surface area (TPSA) is 109 Å². The van der Waals surface area contributed by atoms with Crippen LogP contribution < -0.4 is 11.5 Å². The second kappa shape index (κ2) is 7.89. The molecular formula is C16H27N7. The summed E-state index contributed by atoms with van der Waals surface area (Å²) in [7, 11) is 0. The number of anilines is 2. The number of unbranched alkanes of at least 4 members (excludes halogenated alkanes) is 3. The molecule has 0 spiro atoms. The molecule has 0 saturated carbocycles. The lowest BCUT2D eigenvalue weighted by Crippen LogP contribution is -2.18. The highest BCUT2D eigenvalue weighted by atomic mass is 15.2. The number of hydrogen-bond acceptors (Lipinski definition) is 6. The van der Waals surface area contributed by atoms with Crippen LogP contribution >= 0.6 is 0 Å². The smallest absolute Gasteiger partial charge is 0.225 e. The van der Waals surface area contributed by atoms with Gasteiger partial charge in [0.05, 0.1) is 11.7 Å². The van der Waals surface area contributed by atoms with Crippen LogP contribution in [-0.4, -0.2) is 24.5 Å². The fraction of sp³-hybridized carbons (Fsp3) is 0.625. The van der Waals surface area contributed by atoms with Crippen LogP contribution in [0.25, 0.3) is 0 Å². The minimum absolute atomic E-state index is 0.00407. The Morgan fingerprint density at radius 3 is 2.30 bits per heavy atom. The third kappa shape index (κ3) is 4.40. The summed E-state index contributed by atoms with van der Waals surface area (Å²) in [6.45, 7) is 6.31. The van der Waals surface area contributed by atoms with Gasteiger partial charge in [-0.2, -0.15) is 15.0 Å². The summed E-state index contributed by atoms with van der Waals surface area (Å²) in [6, 6.07) is -0.00407. The van der Waals surface area contributed by atoms with Gasteiger partial charge in [-0.05, 0) is 13.3 Å². The first-order valence-electron chi connectivity index (χ1n) is 8.36. The molecule has 4 N–H and O–H groups in total. The Balaban J connectivity index is 2.34. The van der Waals surface area contributed by atoms with Gasteiger partial charge in [-0.3, -0.25) is 0 Å². The lowest BCUT2D eigenvalue weighted by molar-refractivity contribution is 0.466. The summed E-state index contributed by atoms with van der Waals surface area (Å²) in [4.78, 5) is 17.1. The van der Waals surface area contributed by atoms with Crippen LogP contribution in [0.2, 0.25) is 0 Å². The van der Waals surface area contributed by atoms with Gasteiger partial charge >= 0.3 is 0 Å². The predicted molar refractivity (Wildman–Crippen MR) is 91.9 cm³/mol. The van der Waals surface area contributed by atoms with E-state index in [1.807, 2.05) is 6.92 Å². The second-order valence-corrected chi connectivity index (χ2v) is 5.83. The molecule has 2 rings (SSSR count). The number of aryl methyl sites for hydroxylation is 2. The van der Waals surface area contributed by atoms with Gasteiger partial charge in [0.15, 0.2) is 5.82 Å². The maximum absolute atomic E-state index is 5.76. The number of hydrogen-bond donors (Lipinski definition) is 2. The zero-order chi connectivity index (χ0) is 16.8. The van der Waals surface area contributed by atoms with Crippen LogP contribution in [0.3, 0.4) is 0 Å². The molecule has 0 aliphatic heterocycles. The van der Waals surface area contributed by atoms with Crippen molar-refractivity contribution in [3.8, 4) is 0 Å². The summed E-state index contributed by atoms with van der Waals surface area (Å²) < 4.78 is 2.16. The zero-order valence-corrected chi connectivity index (χ0v) is 14.3. The van der Waals surface area contributed by atoms with Gasteiger partial charge in [0, 0.05) is 12.6 Å². The minimum Gasteiger partial charge on any atom is -0.368 e. The molecule has 2 aromatic rings. The maximum Gasteiger partial charge on any atom is 0.225 e. The largest absolute Gasteiger partial charge is 0.368 e. The first kappa shape index (κ1) is 17.2. The normalized spacial score (nSPS) is 12.5. The number of rotatable bonds is 8. The van der Waals surface area contributed by atoms with E-state index in [1.54, 1.807) is 0 Å². The van der Waals surface area contributed by atoms with Crippen LogP contribution in [0.15, 0.2) is 6.20 Å². The van der Waals surface area contributed by atoms with Gasteiger partial charge in [0.1, 0.15) is 5.82 Å². The van der Waals surface area contributed by atoms with E-state index in [-0.39, 0.29) is 17.9 Å². The van der Waals surface area contributed by atoms with Gasteiger partial charge in [-0.15, -0.1) is 0 Å². The van der Waals surface area contributed by atoms with Crippen molar-refractivity contribution in [3.05, 3.63) is 23.5 Å². The van der Waals surface area contributed by atoms with Crippen molar-refractivity contribution >= 4 is 11.9 Å². The van der Waals surface area contributed by atoms with E-state index in [2.05, 4.69) is 44.5 Å². The second-order valence-electron chi connectivity index (χ2n) is 5.83. The van der Waals surface area contributed by atoms with Crippen molar-refractivity contribution in [2.45, 2.75) is 65.3 Å². The molecule has 126 valence electrons. The Bertz CT molecular complexity index is 615. The van der Waals surface area contributed by atoms with Crippen molar-refractivity contribution in [1.82, 2.24) is 24.5 Å². The fourth-order valence-corrected chi connectivity index (χ4v) is 2.83. The van der Waals surface area contributed by atoms with Crippen LogP contribution in [0, 0.1) is 6.92 Å². The summed E-state index contributed by atoms with van der Waals surface area (Å²) in [5.41, 5.74) is 12.5. The number of aromatic nitrogens is 5. The van der Waals surface area contributed by atoms with E-state index in [9.17, 15) is 0 Å². The number of imidazole rings is 1. The Kier molecular flexibility index (Phi) is 5.90. The molecule has 2 aromatic heterocycles. The third-order valence-corrected chi connectivity index (χ3v) is 3.90. The number of nitrogens with zero attached hydrogens (tertiary/aromatic N) is 5. The van der Waals surface area contributed by atoms with E-state index >= 15 is 0 Å². The van der Waals surface area contributed by atoms with Crippen LogP contribution in [0.4, 0.5) is 11.9 Å². The molecule has 0 aliphatic carbocycles. The average molecular weight is 317 g/mol. The van der Waals surface area contributed by atoms with E-state index in [4.69, 9.17) is 11.5 Å². The van der Waals surface area contributed by atoms with Gasteiger partial charge < -0.3 is 16.0 Å². The van der Waals surface area contributed by atoms with Gasteiger partial charge in [-0.25, -0.2) is 4.98 Å². The minimum atomic E-state index is -0.00407. The molecule has 0 radical (unpaired) electrons. The van der Waals surface area contributed by atoms with Gasteiger partial charge in [0.25, 0.3) is 0 Å². The van der Waals surface area contributed by atoms with Crippen molar-refractivity contribution in [2.75, 3.05) is 11.5 Å². The molecule has 7 nitrogen and oxygen atoms in total. The molecule has 0 fully saturated rings. The summed E-state index contributed by atoms with van der Waals surface area (Å²) in [6.07, 6.45) is 8.58. The highest BCUT2D eigenvalue weighted by Crippen LogP contribution is 2.25. The molecule has 0 bridgehead atoms. The molecule has 0 saturated heterocycles. The van der Waals surface area contributed by atoms with E-state index in [0.717, 1.165) is 30.8 Å². The molecule has 7 heteroatoms. The highest BCUT2D eigenvalue weighted by Gasteiger charge is 2.21. The maximum atomic E-state index is 5.76. The van der Waals surface area contributed by atoms with Crippen molar-refractivity contribution in [2.24, 2.45) is 0 Å². The van der Waals surface area contributed by atoms with E-state index in [1.165, 1.54) is 19.3 Å². The lowest BCUT2D eigenvalue weighted by Gasteiger charge is -2.19. The van der Waals surface area contributed by atoms with Crippen molar-refractivity contribution in [1.29, 1.82) is 0 Å². The first-order chi connectivity index (χ1) is 11.0. The lowest BCUT2D eigenvalue weighted by atomic mass is 10.1. The highest BCUT2D eigenvalue weighted by molar-refractivity contribution is 5.27. The standard InChI is InChI=1S/C16H27N7/c1-4-6-7-8-9-12(14-20-15(17)22-16(18)21-14)23-10-11(3)19-13(23)5-2/h10,12H,4-9H2,1-3H3,(H4,17,18,20,21,22).